The molecular formula is C20H28N2O5S. The summed E-state index contributed by atoms with van der Waals surface area (Å²) in [6.07, 6.45) is 4.22. The number of carbonyl (C=O) groups excluding carboxylic acids is 2. The average molecular weight is 409 g/mol. The number of benzene rings is 1. The molecule has 0 aliphatic carbocycles. The predicted octanol–water partition coefficient (Wildman–Crippen LogP) is 2.27. The third kappa shape index (κ3) is 4.07. The molecule has 28 heavy (non-hydrogen) atoms. The topological polar surface area (TPSA) is 84.0 Å². The van der Waals surface area contributed by atoms with E-state index in [1.165, 1.54) is 23.5 Å². The summed E-state index contributed by atoms with van der Waals surface area (Å²) in [4.78, 5) is 26.7. The Morgan fingerprint density at radius 1 is 1.04 bits per heavy atom. The summed E-state index contributed by atoms with van der Waals surface area (Å²) in [5.41, 5.74) is 0.0327. The van der Waals surface area contributed by atoms with Gasteiger partial charge in [-0.15, -0.1) is 0 Å². The zero-order chi connectivity index (χ0) is 20.3. The maximum atomic E-state index is 13.1. The van der Waals surface area contributed by atoms with Crippen LogP contribution in [-0.2, 0) is 19.6 Å². The first kappa shape index (κ1) is 20.8. The van der Waals surface area contributed by atoms with Gasteiger partial charge in [-0.25, -0.2) is 13.2 Å². The monoisotopic (exact) mass is 408 g/mol. The van der Waals surface area contributed by atoms with Gasteiger partial charge in [-0.3, -0.25) is 4.79 Å². The number of carbonyl (C=O) groups is 2. The van der Waals surface area contributed by atoms with Crippen LogP contribution in [0, 0.1) is 5.92 Å². The Hall–Kier alpha value is -1.93. The summed E-state index contributed by atoms with van der Waals surface area (Å²) in [7, 11) is -2.60. The summed E-state index contributed by atoms with van der Waals surface area (Å²) < 4.78 is 32.2. The van der Waals surface area contributed by atoms with Gasteiger partial charge in [0.05, 0.1) is 17.6 Å². The van der Waals surface area contributed by atoms with Crippen molar-refractivity contribution in [2.45, 2.75) is 50.0 Å². The van der Waals surface area contributed by atoms with Gasteiger partial charge in [-0.05, 0) is 51.2 Å². The number of hydrogen-bond acceptors (Lipinski definition) is 5. The number of esters is 1. The molecule has 1 amide bonds. The Balaban J connectivity index is 1.71. The molecule has 2 heterocycles. The van der Waals surface area contributed by atoms with E-state index in [1.54, 1.807) is 12.1 Å². The lowest BCUT2D eigenvalue weighted by Gasteiger charge is -2.38. The SMILES string of the molecule is COC(=O)c1ccccc1S(=O)(=O)N1CCC(C(=O)N2CCCCC2C)CC1. The van der Waals surface area contributed by atoms with Crippen molar-refractivity contribution >= 4 is 21.9 Å². The second kappa shape index (κ2) is 8.61. The van der Waals surface area contributed by atoms with Crippen molar-refractivity contribution in [2.75, 3.05) is 26.7 Å². The maximum Gasteiger partial charge on any atom is 0.339 e. The van der Waals surface area contributed by atoms with Crippen molar-refractivity contribution in [3.05, 3.63) is 29.8 Å². The number of ether oxygens (including phenoxy) is 1. The zero-order valence-corrected chi connectivity index (χ0v) is 17.3. The molecule has 0 radical (unpaired) electrons. The van der Waals surface area contributed by atoms with E-state index in [9.17, 15) is 18.0 Å². The fraction of sp³-hybridized carbons (Fsp3) is 0.600. The van der Waals surface area contributed by atoms with Gasteiger partial charge in [0.15, 0.2) is 0 Å². The normalized spacial score (nSPS) is 22.1. The third-order valence-corrected chi connectivity index (χ3v) is 7.76. The number of piperidine rings is 2. The van der Waals surface area contributed by atoms with Crippen molar-refractivity contribution in [1.82, 2.24) is 9.21 Å². The number of nitrogens with zero attached hydrogens (tertiary/aromatic N) is 2. The summed E-state index contributed by atoms with van der Waals surface area (Å²) in [6, 6.07) is 6.33. The largest absolute Gasteiger partial charge is 0.465 e. The van der Waals surface area contributed by atoms with E-state index in [1.807, 2.05) is 4.90 Å². The van der Waals surface area contributed by atoms with E-state index in [4.69, 9.17) is 4.74 Å². The molecule has 0 aromatic heterocycles. The minimum Gasteiger partial charge on any atom is -0.465 e. The molecular weight excluding hydrogens is 380 g/mol. The van der Waals surface area contributed by atoms with Crippen molar-refractivity contribution < 1.29 is 22.7 Å². The quantitative estimate of drug-likeness (QED) is 0.714. The predicted molar refractivity (Wildman–Crippen MR) is 104 cm³/mol. The highest BCUT2D eigenvalue weighted by Gasteiger charge is 2.36. The lowest BCUT2D eigenvalue weighted by molar-refractivity contribution is -0.140. The maximum absolute atomic E-state index is 13.1. The second-order valence-corrected chi connectivity index (χ2v) is 9.45. The minimum atomic E-state index is -3.82. The summed E-state index contributed by atoms with van der Waals surface area (Å²) in [5, 5.41) is 0. The number of sulfonamides is 1. The lowest BCUT2D eigenvalue weighted by atomic mass is 9.94. The number of hydrogen-bond donors (Lipinski definition) is 0. The summed E-state index contributed by atoms with van der Waals surface area (Å²) >= 11 is 0. The van der Waals surface area contributed by atoms with Gasteiger partial charge in [-0.2, -0.15) is 4.31 Å². The number of methoxy groups -OCH3 is 1. The standard InChI is InChI=1S/C20H28N2O5S/c1-15-7-5-6-12-22(15)19(23)16-10-13-21(14-11-16)28(25,26)18-9-4-3-8-17(18)20(24)27-2/h3-4,8-9,15-16H,5-7,10-14H2,1-2H3. The molecule has 2 aliphatic rings. The van der Waals surface area contributed by atoms with E-state index >= 15 is 0 Å². The molecule has 2 saturated heterocycles. The van der Waals surface area contributed by atoms with Crippen LogP contribution in [0.3, 0.4) is 0 Å². The third-order valence-electron chi connectivity index (χ3n) is 5.80. The number of rotatable bonds is 4. The first-order valence-electron chi connectivity index (χ1n) is 9.84. The van der Waals surface area contributed by atoms with E-state index in [0.29, 0.717) is 12.8 Å². The highest BCUT2D eigenvalue weighted by Crippen LogP contribution is 2.28. The Labute approximate surface area is 166 Å². The fourth-order valence-corrected chi connectivity index (χ4v) is 5.76. The Bertz CT molecular complexity index is 831. The lowest BCUT2D eigenvalue weighted by Crippen LogP contribution is -2.48. The molecule has 1 aromatic rings. The molecule has 0 spiro atoms. The summed E-state index contributed by atoms with van der Waals surface area (Å²) in [6.45, 7) is 3.43. The van der Waals surface area contributed by atoms with Crippen LogP contribution in [0.2, 0.25) is 0 Å². The Morgan fingerprint density at radius 3 is 2.36 bits per heavy atom. The van der Waals surface area contributed by atoms with Crippen LogP contribution in [0.4, 0.5) is 0 Å². The van der Waals surface area contributed by atoms with Crippen molar-refractivity contribution in [1.29, 1.82) is 0 Å². The van der Waals surface area contributed by atoms with E-state index in [2.05, 4.69) is 6.92 Å². The molecule has 7 nitrogen and oxygen atoms in total. The Kier molecular flexibility index (Phi) is 6.40. The van der Waals surface area contributed by atoms with Crippen LogP contribution >= 0.6 is 0 Å². The van der Waals surface area contributed by atoms with Gasteiger partial charge in [0.1, 0.15) is 0 Å². The highest BCUT2D eigenvalue weighted by molar-refractivity contribution is 7.89. The minimum absolute atomic E-state index is 0.0327. The molecule has 0 saturated carbocycles. The van der Waals surface area contributed by atoms with Crippen LogP contribution < -0.4 is 0 Å². The highest BCUT2D eigenvalue weighted by atomic mass is 32.2. The number of amides is 1. The van der Waals surface area contributed by atoms with Gasteiger partial charge in [0.2, 0.25) is 15.9 Å². The van der Waals surface area contributed by atoms with Crippen LogP contribution in [-0.4, -0.2) is 62.3 Å². The first-order valence-corrected chi connectivity index (χ1v) is 11.3. The summed E-state index contributed by atoms with van der Waals surface area (Å²) in [5.74, 6) is -0.662. The smallest absolute Gasteiger partial charge is 0.339 e. The van der Waals surface area contributed by atoms with E-state index in [0.717, 1.165) is 25.8 Å². The van der Waals surface area contributed by atoms with Crippen LogP contribution in [0.1, 0.15) is 49.4 Å². The van der Waals surface area contributed by atoms with Gasteiger partial charge >= 0.3 is 5.97 Å². The van der Waals surface area contributed by atoms with Gasteiger partial charge < -0.3 is 9.64 Å². The first-order chi connectivity index (χ1) is 13.4. The molecule has 2 aliphatic heterocycles. The van der Waals surface area contributed by atoms with E-state index < -0.39 is 16.0 Å². The average Bonchev–Trinajstić information content (AvgIpc) is 2.73. The second-order valence-electron chi connectivity index (χ2n) is 7.54. The van der Waals surface area contributed by atoms with Crippen LogP contribution in [0.25, 0.3) is 0 Å². The molecule has 154 valence electrons. The molecule has 0 bridgehead atoms. The fourth-order valence-electron chi connectivity index (χ4n) is 4.11. The van der Waals surface area contributed by atoms with Crippen LogP contribution in [0.5, 0.6) is 0 Å². The number of likely N-dealkylation sites (tertiary alicyclic amines) is 1. The van der Waals surface area contributed by atoms with Crippen molar-refractivity contribution in [3.8, 4) is 0 Å². The molecule has 0 N–H and O–H groups in total. The van der Waals surface area contributed by atoms with Crippen LogP contribution in [0.15, 0.2) is 29.2 Å². The van der Waals surface area contributed by atoms with Gasteiger partial charge in [-0.1, -0.05) is 12.1 Å². The Morgan fingerprint density at radius 2 is 1.71 bits per heavy atom. The van der Waals surface area contributed by atoms with Crippen molar-refractivity contribution in [2.24, 2.45) is 5.92 Å². The molecule has 2 fully saturated rings. The molecule has 1 aromatic carbocycles. The van der Waals surface area contributed by atoms with Crippen molar-refractivity contribution in [3.63, 3.8) is 0 Å². The molecule has 1 unspecified atom stereocenters. The molecule has 1 atom stereocenters. The molecule has 8 heteroatoms. The van der Waals surface area contributed by atoms with E-state index in [-0.39, 0.29) is 41.4 Å². The zero-order valence-electron chi connectivity index (χ0n) is 16.5. The molecule has 3 rings (SSSR count). The van der Waals surface area contributed by atoms with Gasteiger partial charge in [0.25, 0.3) is 0 Å². The van der Waals surface area contributed by atoms with Gasteiger partial charge in [0, 0.05) is 31.6 Å².